The van der Waals surface area contributed by atoms with E-state index in [-0.39, 0.29) is 0 Å². The minimum atomic E-state index is 0.572. The second-order valence-corrected chi connectivity index (χ2v) is 7.91. The number of hydrogen-bond acceptors (Lipinski definition) is 2. The molecule has 0 radical (unpaired) electrons. The molecule has 0 aliphatic heterocycles. The normalized spacial score (nSPS) is 20.6. The van der Waals surface area contributed by atoms with Gasteiger partial charge in [-0.2, -0.15) is 0 Å². The van der Waals surface area contributed by atoms with Gasteiger partial charge in [-0.1, -0.05) is 83.3 Å². The maximum atomic E-state index is 5.53. The van der Waals surface area contributed by atoms with Crippen LogP contribution in [-0.2, 0) is 6.42 Å². The standard InChI is InChI=1S/C23H39NO/c1-2-3-4-7-20-10-12-21(13-11-20)8-5-6-9-22-14-16-23(17-15-22)25-19-18-24/h14-17,20-21H,2-13,18-19,24H2,1H3. The number of rotatable bonds is 12. The topological polar surface area (TPSA) is 35.2 Å². The Morgan fingerprint density at radius 2 is 1.48 bits per heavy atom. The van der Waals surface area contributed by atoms with Crippen molar-refractivity contribution in [3.8, 4) is 5.75 Å². The lowest BCUT2D eigenvalue weighted by Gasteiger charge is -2.28. The number of nitrogens with two attached hydrogens (primary N) is 1. The molecule has 0 aromatic heterocycles. The maximum absolute atomic E-state index is 5.53. The van der Waals surface area contributed by atoms with Crippen LogP contribution in [0.15, 0.2) is 24.3 Å². The van der Waals surface area contributed by atoms with Gasteiger partial charge in [-0.15, -0.1) is 0 Å². The zero-order chi connectivity index (χ0) is 17.7. The summed E-state index contributed by atoms with van der Waals surface area (Å²) in [6, 6.07) is 8.55. The van der Waals surface area contributed by atoms with Gasteiger partial charge in [0.05, 0.1) is 0 Å². The zero-order valence-corrected chi connectivity index (χ0v) is 16.3. The molecule has 0 spiro atoms. The van der Waals surface area contributed by atoms with Crippen LogP contribution in [0.25, 0.3) is 0 Å². The molecule has 0 atom stereocenters. The first-order valence-corrected chi connectivity index (χ1v) is 10.7. The van der Waals surface area contributed by atoms with Gasteiger partial charge in [0.1, 0.15) is 12.4 Å². The highest BCUT2D eigenvalue weighted by molar-refractivity contribution is 5.27. The van der Waals surface area contributed by atoms with Gasteiger partial charge in [-0.05, 0) is 42.4 Å². The molecule has 1 aliphatic rings. The quantitative estimate of drug-likeness (QED) is 0.463. The molecule has 2 N–H and O–H groups in total. The second-order valence-electron chi connectivity index (χ2n) is 7.91. The number of unbranched alkanes of at least 4 members (excludes halogenated alkanes) is 3. The van der Waals surface area contributed by atoms with E-state index in [4.69, 9.17) is 10.5 Å². The Morgan fingerprint density at radius 3 is 2.04 bits per heavy atom. The molecular weight excluding hydrogens is 306 g/mol. The summed E-state index contributed by atoms with van der Waals surface area (Å²) in [5, 5.41) is 0. The molecule has 2 rings (SSSR count). The molecule has 0 unspecified atom stereocenters. The van der Waals surface area contributed by atoms with E-state index >= 15 is 0 Å². The highest BCUT2D eigenvalue weighted by atomic mass is 16.5. The Kier molecular flexibility index (Phi) is 10.0. The zero-order valence-electron chi connectivity index (χ0n) is 16.3. The third-order valence-corrected chi connectivity index (χ3v) is 5.82. The number of aryl methyl sites for hydroxylation is 1. The largest absolute Gasteiger partial charge is 0.492 e. The molecule has 1 fully saturated rings. The lowest BCUT2D eigenvalue weighted by Crippen LogP contribution is -2.14. The SMILES string of the molecule is CCCCCC1CCC(CCCCc2ccc(OCCN)cc2)CC1. The summed E-state index contributed by atoms with van der Waals surface area (Å²) in [5.74, 6) is 2.99. The van der Waals surface area contributed by atoms with Crippen molar-refractivity contribution in [3.05, 3.63) is 29.8 Å². The van der Waals surface area contributed by atoms with Gasteiger partial charge in [0.25, 0.3) is 0 Å². The Bertz CT molecular complexity index is 434. The predicted molar refractivity (Wildman–Crippen MR) is 108 cm³/mol. The summed E-state index contributed by atoms with van der Waals surface area (Å²) in [6.07, 6.45) is 17.1. The molecular formula is C23H39NO. The highest BCUT2D eigenvalue weighted by Crippen LogP contribution is 2.34. The summed E-state index contributed by atoms with van der Waals surface area (Å²) in [5.41, 5.74) is 6.89. The Hall–Kier alpha value is -1.02. The maximum Gasteiger partial charge on any atom is 0.119 e. The van der Waals surface area contributed by atoms with Crippen molar-refractivity contribution in [1.29, 1.82) is 0 Å². The Balaban J connectivity index is 1.53. The molecule has 1 aromatic rings. The van der Waals surface area contributed by atoms with Crippen molar-refractivity contribution >= 4 is 0 Å². The fourth-order valence-electron chi connectivity index (χ4n) is 4.18. The lowest BCUT2D eigenvalue weighted by molar-refractivity contribution is 0.245. The number of hydrogen-bond donors (Lipinski definition) is 1. The monoisotopic (exact) mass is 345 g/mol. The molecule has 0 amide bonds. The fourth-order valence-corrected chi connectivity index (χ4v) is 4.18. The number of benzene rings is 1. The van der Waals surface area contributed by atoms with E-state index in [0.717, 1.165) is 17.6 Å². The van der Waals surface area contributed by atoms with Crippen LogP contribution in [0.3, 0.4) is 0 Å². The average Bonchev–Trinajstić information content (AvgIpc) is 2.66. The summed E-state index contributed by atoms with van der Waals surface area (Å²) in [4.78, 5) is 0. The molecule has 25 heavy (non-hydrogen) atoms. The van der Waals surface area contributed by atoms with Gasteiger partial charge >= 0.3 is 0 Å². The van der Waals surface area contributed by atoms with E-state index in [2.05, 4.69) is 31.2 Å². The lowest BCUT2D eigenvalue weighted by atomic mass is 9.78. The van der Waals surface area contributed by atoms with Crippen LogP contribution in [-0.4, -0.2) is 13.2 Å². The minimum absolute atomic E-state index is 0.572. The molecule has 0 heterocycles. The van der Waals surface area contributed by atoms with E-state index in [0.29, 0.717) is 13.2 Å². The van der Waals surface area contributed by atoms with Crippen molar-refractivity contribution in [2.75, 3.05) is 13.2 Å². The van der Waals surface area contributed by atoms with Crippen LogP contribution in [0, 0.1) is 11.8 Å². The molecule has 1 aliphatic carbocycles. The molecule has 2 nitrogen and oxygen atoms in total. The molecule has 1 aromatic carbocycles. The van der Waals surface area contributed by atoms with E-state index in [1.54, 1.807) is 0 Å². The summed E-state index contributed by atoms with van der Waals surface area (Å²) < 4.78 is 5.53. The van der Waals surface area contributed by atoms with Crippen molar-refractivity contribution in [1.82, 2.24) is 0 Å². The Morgan fingerprint density at radius 1 is 0.880 bits per heavy atom. The predicted octanol–water partition coefficient (Wildman–Crippen LogP) is 6.12. The first-order valence-electron chi connectivity index (χ1n) is 10.7. The van der Waals surface area contributed by atoms with Crippen molar-refractivity contribution in [2.24, 2.45) is 17.6 Å². The van der Waals surface area contributed by atoms with E-state index in [1.165, 1.54) is 82.6 Å². The van der Waals surface area contributed by atoms with Crippen LogP contribution >= 0.6 is 0 Å². The van der Waals surface area contributed by atoms with Crippen LogP contribution in [0.2, 0.25) is 0 Å². The molecule has 0 saturated heterocycles. The highest BCUT2D eigenvalue weighted by Gasteiger charge is 2.20. The van der Waals surface area contributed by atoms with Gasteiger partial charge in [-0.25, -0.2) is 0 Å². The first-order chi connectivity index (χ1) is 12.3. The first kappa shape index (κ1) is 20.3. The average molecular weight is 346 g/mol. The van der Waals surface area contributed by atoms with Gasteiger partial charge in [0.15, 0.2) is 0 Å². The molecule has 142 valence electrons. The fraction of sp³-hybridized carbons (Fsp3) is 0.739. The number of ether oxygens (including phenoxy) is 1. The third kappa shape index (κ3) is 8.27. The van der Waals surface area contributed by atoms with Gasteiger partial charge in [-0.3, -0.25) is 0 Å². The van der Waals surface area contributed by atoms with Gasteiger partial charge in [0, 0.05) is 6.54 Å². The third-order valence-electron chi connectivity index (χ3n) is 5.82. The summed E-state index contributed by atoms with van der Waals surface area (Å²) in [6.45, 7) is 3.48. The van der Waals surface area contributed by atoms with Crippen molar-refractivity contribution in [3.63, 3.8) is 0 Å². The van der Waals surface area contributed by atoms with Crippen LogP contribution in [0.5, 0.6) is 5.75 Å². The van der Waals surface area contributed by atoms with Gasteiger partial charge < -0.3 is 10.5 Å². The van der Waals surface area contributed by atoms with E-state index in [9.17, 15) is 0 Å². The van der Waals surface area contributed by atoms with Gasteiger partial charge in [0.2, 0.25) is 0 Å². The molecule has 0 bridgehead atoms. The molecule has 1 saturated carbocycles. The van der Waals surface area contributed by atoms with E-state index < -0.39 is 0 Å². The van der Waals surface area contributed by atoms with Crippen molar-refractivity contribution < 1.29 is 4.74 Å². The Labute approximate surface area is 155 Å². The van der Waals surface area contributed by atoms with Crippen LogP contribution in [0.1, 0.15) is 83.1 Å². The minimum Gasteiger partial charge on any atom is -0.492 e. The molecule has 2 heteroatoms. The van der Waals surface area contributed by atoms with Crippen LogP contribution in [0.4, 0.5) is 0 Å². The van der Waals surface area contributed by atoms with E-state index in [1.807, 2.05) is 0 Å². The smallest absolute Gasteiger partial charge is 0.119 e. The van der Waals surface area contributed by atoms with Crippen molar-refractivity contribution in [2.45, 2.75) is 84.0 Å². The summed E-state index contributed by atoms with van der Waals surface area (Å²) >= 11 is 0. The van der Waals surface area contributed by atoms with Crippen LogP contribution < -0.4 is 10.5 Å². The second kappa shape index (κ2) is 12.4. The summed E-state index contributed by atoms with van der Waals surface area (Å²) in [7, 11) is 0.